The second-order valence-electron chi connectivity index (χ2n) is 9.60. The summed E-state index contributed by atoms with van der Waals surface area (Å²) in [6, 6.07) is 12.1. The summed E-state index contributed by atoms with van der Waals surface area (Å²) in [5.74, 6) is 0.842. The van der Waals surface area contributed by atoms with Gasteiger partial charge in [0.25, 0.3) is 0 Å². The van der Waals surface area contributed by atoms with Crippen LogP contribution in [0.25, 0.3) is 21.1 Å². The maximum absolute atomic E-state index is 12.7. The minimum atomic E-state index is 0.0521. The van der Waals surface area contributed by atoms with Crippen molar-refractivity contribution in [1.82, 2.24) is 34.5 Å². The Labute approximate surface area is 224 Å². The SMILES string of the molecule is CN(C)CC=CC(=O)N1CCc2c(sc3ncnc(Nc4ccc5c(cnn5Cc5ccccn5)c4)c23)C1. The first-order valence-electron chi connectivity index (χ1n) is 12.5. The zero-order chi connectivity index (χ0) is 26.1. The molecule has 0 radical (unpaired) electrons. The number of fused-ring (bicyclic) bond motifs is 4. The van der Waals surface area contributed by atoms with Crippen molar-refractivity contribution in [3.8, 4) is 0 Å². The van der Waals surface area contributed by atoms with Crippen LogP contribution in [0, 0.1) is 0 Å². The Morgan fingerprint density at radius 2 is 2.11 bits per heavy atom. The fourth-order valence-corrected chi connectivity index (χ4v) is 5.96. The molecule has 1 N–H and O–H groups in total. The van der Waals surface area contributed by atoms with E-state index in [0.717, 1.165) is 51.3 Å². The Bertz CT molecular complexity index is 1640. The molecule has 0 bridgehead atoms. The molecule has 10 heteroatoms. The van der Waals surface area contributed by atoms with E-state index in [1.807, 2.05) is 65.1 Å². The summed E-state index contributed by atoms with van der Waals surface area (Å²) in [4.78, 5) is 32.3. The Morgan fingerprint density at radius 3 is 2.95 bits per heavy atom. The van der Waals surface area contributed by atoms with Gasteiger partial charge in [0.1, 0.15) is 17.0 Å². The fourth-order valence-electron chi connectivity index (χ4n) is 4.75. The molecule has 1 aromatic carbocycles. The van der Waals surface area contributed by atoms with Gasteiger partial charge in [0.2, 0.25) is 5.91 Å². The summed E-state index contributed by atoms with van der Waals surface area (Å²) in [6.45, 7) is 2.65. The lowest BCUT2D eigenvalue weighted by Gasteiger charge is -2.26. The number of anilines is 2. The summed E-state index contributed by atoms with van der Waals surface area (Å²) in [7, 11) is 3.97. The van der Waals surface area contributed by atoms with Gasteiger partial charge < -0.3 is 15.1 Å². The highest BCUT2D eigenvalue weighted by Gasteiger charge is 2.25. The van der Waals surface area contributed by atoms with E-state index in [1.165, 1.54) is 10.4 Å². The van der Waals surface area contributed by atoms with E-state index in [-0.39, 0.29) is 5.91 Å². The first kappa shape index (κ1) is 24.2. The van der Waals surface area contributed by atoms with Crippen molar-refractivity contribution in [3.05, 3.63) is 83.4 Å². The molecule has 0 fully saturated rings. The van der Waals surface area contributed by atoms with Gasteiger partial charge in [-0.05, 0) is 56.4 Å². The molecule has 5 aromatic rings. The lowest BCUT2D eigenvalue weighted by atomic mass is 10.0. The molecule has 0 saturated heterocycles. The topological polar surface area (TPSA) is 92.1 Å². The van der Waals surface area contributed by atoms with Crippen LogP contribution in [-0.4, -0.2) is 67.6 Å². The predicted octanol–water partition coefficient (Wildman–Crippen LogP) is 4.23. The Kier molecular flexibility index (Phi) is 6.57. The number of thiophene rings is 1. The number of nitrogens with one attached hydrogen (secondary N) is 1. The van der Waals surface area contributed by atoms with Crippen molar-refractivity contribution in [2.24, 2.45) is 0 Å². The average Bonchev–Trinajstić information content (AvgIpc) is 3.50. The highest BCUT2D eigenvalue weighted by atomic mass is 32.1. The number of hydrogen-bond acceptors (Lipinski definition) is 8. The quantitative estimate of drug-likeness (QED) is 0.319. The third-order valence-electron chi connectivity index (χ3n) is 6.62. The molecule has 4 aromatic heterocycles. The Morgan fingerprint density at radius 1 is 1.18 bits per heavy atom. The van der Waals surface area contributed by atoms with Crippen molar-refractivity contribution < 1.29 is 4.79 Å². The molecule has 0 saturated carbocycles. The van der Waals surface area contributed by atoms with Gasteiger partial charge in [-0.2, -0.15) is 5.10 Å². The highest BCUT2D eigenvalue weighted by Crippen LogP contribution is 2.38. The van der Waals surface area contributed by atoms with Crippen LogP contribution in [0.15, 0.2) is 67.3 Å². The zero-order valence-electron chi connectivity index (χ0n) is 21.3. The van der Waals surface area contributed by atoms with Crippen LogP contribution in [0.2, 0.25) is 0 Å². The smallest absolute Gasteiger partial charge is 0.246 e. The third-order valence-corrected chi connectivity index (χ3v) is 7.75. The first-order chi connectivity index (χ1) is 18.5. The van der Waals surface area contributed by atoms with Crippen molar-refractivity contribution in [1.29, 1.82) is 0 Å². The van der Waals surface area contributed by atoms with Crippen LogP contribution in [0.5, 0.6) is 0 Å². The highest BCUT2D eigenvalue weighted by molar-refractivity contribution is 7.19. The predicted molar refractivity (Wildman–Crippen MR) is 151 cm³/mol. The molecule has 1 aliphatic heterocycles. The van der Waals surface area contributed by atoms with E-state index in [1.54, 1.807) is 29.9 Å². The maximum atomic E-state index is 12.7. The van der Waals surface area contributed by atoms with E-state index >= 15 is 0 Å². The van der Waals surface area contributed by atoms with E-state index in [9.17, 15) is 4.79 Å². The standard InChI is InChI=1S/C28H28N8OS/c1-34(2)12-5-7-25(37)35-13-10-22-24(17-35)38-28-26(22)27(30-18-31-28)33-20-8-9-23-19(14-20)15-32-36(23)16-21-6-3-4-11-29-21/h3-9,11,14-15,18H,10,12-13,16-17H2,1-2H3,(H,30,31,33). The molecular formula is C28H28N8OS. The van der Waals surface area contributed by atoms with Crippen molar-refractivity contribution in [2.75, 3.05) is 32.5 Å². The molecular weight excluding hydrogens is 496 g/mol. The molecule has 6 rings (SSSR count). The zero-order valence-corrected chi connectivity index (χ0v) is 22.1. The number of rotatable bonds is 7. The van der Waals surface area contributed by atoms with Gasteiger partial charge in [-0.3, -0.25) is 14.5 Å². The van der Waals surface area contributed by atoms with Gasteiger partial charge in [0.05, 0.1) is 35.9 Å². The van der Waals surface area contributed by atoms with Crippen molar-refractivity contribution >= 4 is 49.9 Å². The molecule has 1 aliphatic rings. The number of aromatic nitrogens is 5. The van der Waals surface area contributed by atoms with E-state index in [4.69, 9.17) is 0 Å². The van der Waals surface area contributed by atoms with Gasteiger partial charge in [-0.15, -0.1) is 11.3 Å². The second kappa shape index (κ2) is 10.3. The number of pyridine rings is 1. The van der Waals surface area contributed by atoms with Gasteiger partial charge in [-0.1, -0.05) is 12.1 Å². The molecule has 0 spiro atoms. The van der Waals surface area contributed by atoms with E-state index in [2.05, 4.69) is 37.5 Å². The summed E-state index contributed by atoms with van der Waals surface area (Å²) >= 11 is 1.64. The van der Waals surface area contributed by atoms with E-state index < -0.39 is 0 Å². The number of amides is 1. The molecule has 0 unspecified atom stereocenters. The number of benzene rings is 1. The fraction of sp³-hybridized carbons (Fsp3) is 0.250. The Balaban J connectivity index is 1.23. The molecule has 9 nitrogen and oxygen atoms in total. The summed E-state index contributed by atoms with van der Waals surface area (Å²) < 4.78 is 1.96. The summed E-state index contributed by atoms with van der Waals surface area (Å²) in [5, 5.41) is 10.2. The third kappa shape index (κ3) is 4.88. The molecule has 38 heavy (non-hydrogen) atoms. The summed E-state index contributed by atoms with van der Waals surface area (Å²) in [6.07, 6.45) is 9.65. The van der Waals surface area contributed by atoms with Crippen molar-refractivity contribution in [3.63, 3.8) is 0 Å². The second-order valence-corrected chi connectivity index (χ2v) is 10.7. The first-order valence-corrected chi connectivity index (χ1v) is 13.3. The van der Waals surface area contributed by atoms with Crippen LogP contribution in [0.4, 0.5) is 11.5 Å². The normalized spacial score (nSPS) is 13.6. The van der Waals surface area contributed by atoms with Crippen LogP contribution in [0.3, 0.4) is 0 Å². The van der Waals surface area contributed by atoms with Gasteiger partial charge in [0.15, 0.2) is 0 Å². The van der Waals surface area contributed by atoms with Crippen LogP contribution >= 0.6 is 11.3 Å². The lowest BCUT2D eigenvalue weighted by Crippen LogP contribution is -2.34. The maximum Gasteiger partial charge on any atom is 0.246 e. The number of carbonyl (C=O) groups is 1. The monoisotopic (exact) mass is 524 g/mol. The lowest BCUT2D eigenvalue weighted by molar-refractivity contribution is -0.126. The number of carbonyl (C=O) groups excluding carboxylic acids is 1. The number of hydrogen-bond donors (Lipinski definition) is 1. The van der Waals surface area contributed by atoms with Crippen LogP contribution < -0.4 is 5.32 Å². The van der Waals surface area contributed by atoms with Gasteiger partial charge >= 0.3 is 0 Å². The minimum Gasteiger partial charge on any atom is -0.340 e. The molecule has 0 aliphatic carbocycles. The molecule has 0 atom stereocenters. The number of likely N-dealkylation sites (N-methyl/N-ethyl adjacent to an activating group) is 1. The van der Waals surface area contributed by atoms with Crippen LogP contribution in [0.1, 0.15) is 16.1 Å². The van der Waals surface area contributed by atoms with E-state index in [0.29, 0.717) is 19.6 Å². The number of nitrogens with zero attached hydrogens (tertiary/aromatic N) is 7. The van der Waals surface area contributed by atoms with Gasteiger partial charge in [0, 0.05) is 41.3 Å². The van der Waals surface area contributed by atoms with Gasteiger partial charge in [-0.25, -0.2) is 9.97 Å². The largest absolute Gasteiger partial charge is 0.340 e. The summed E-state index contributed by atoms with van der Waals surface area (Å²) in [5.41, 5.74) is 4.19. The van der Waals surface area contributed by atoms with Crippen LogP contribution in [-0.2, 0) is 24.3 Å². The minimum absolute atomic E-state index is 0.0521. The molecule has 192 valence electrons. The van der Waals surface area contributed by atoms with Crippen molar-refractivity contribution in [2.45, 2.75) is 19.5 Å². The average molecular weight is 525 g/mol. The molecule has 5 heterocycles. The molecule has 1 amide bonds. The Hall–Kier alpha value is -4.15.